The molecular formula is C10H9BrFN5OS. The van der Waals surface area contributed by atoms with Gasteiger partial charge in [-0.3, -0.25) is 4.79 Å². The molecule has 0 bridgehead atoms. The topological polar surface area (TPSA) is 86.7 Å². The van der Waals surface area contributed by atoms with Crippen LogP contribution in [0, 0.1) is 5.82 Å². The number of carbonyl (C=O) groups is 1. The number of halogens is 2. The minimum absolute atomic E-state index is 0.198. The van der Waals surface area contributed by atoms with E-state index in [0.717, 1.165) is 11.8 Å². The average Bonchev–Trinajstić information content (AvgIpc) is 2.72. The number of aromatic nitrogens is 4. The van der Waals surface area contributed by atoms with Crippen LogP contribution in [0.2, 0.25) is 0 Å². The third-order valence-corrected chi connectivity index (χ3v) is 4.08. The third-order valence-electron chi connectivity index (χ3n) is 2.31. The van der Waals surface area contributed by atoms with Gasteiger partial charge in [-0.25, -0.2) is 9.07 Å². The summed E-state index contributed by atoms with van der Waals surface area (Å²) in [5, 5.41) is 10.3. The molecule has 1 heterocycles. The highest BCUT2D eigenvalue weighted by atomic mass is 79.9. The Morgan fingerprint density at radius 3 is 2.84 bits per heavy atom. The van der Waals surface area contributed by atoms with Gasteiger partial charge in [-0.15, -0.1) is 5.10 Å². The van der Waals surface area contributed by atoms with E-state index in [1.165, 1.54) is 16.8 Å². The lowest BCUT2D eigenvalue weighted by Gasteiger charge is -2.13. The molecule has 2 rings (SSSR count). The second kappa shape index (κ2) is 5.66. The van der Waals surface area contributed by atoms with Gasteiger partial charge in [0.2, 0.25) is 11.1 Å². The predicted octanol–water partition coefficient (Wildman–Crippen LogP) is 1.43. The maximum Gasteiger partial charge on any atom is 0.235 e. The van der Waals surface area contributed by atoms with Gasteiger partial charge >= 0.3 is 0 Å². The molecule has 1 aromatic carbocycles. The van der Waals surface area contributed by atoms with Crippen LogP contribution < -0.4 is 5.73 Å². The molecule has 0 unspecified atom stereocenters. The van der Waals surface area contributed by atoms with Gasteiger partial charge < -0.3 is 5.73 Å². The standard InChI is InChI=1S/C10H9BrFN5OS/c1-17-10(14-15-16-17)19-8(9(13)18)6-3-2-5(11)4-7(6)12/h2-4,8H,1H3,(H2,13,18)/t8-/m0/s1. The van der Waals surface area contributed by atoms with Crippen LogP contribution in [-0.2, 0) is 11.8 Å². The van der Waals surface area contributed by atoms with Crippen LogP contribution >= 0.6 is 27.7 Å². The first-order valence-electron chi connectivity index (χ1n) is 5.12. The van der Waals surface area contributed by atoms with Crippen molar-refractivity contribution in [2.24, 2.45) is 12.8 Å². The van der Waals surface area contributed by atoms with Gasteiger partial charge in [0.25, 0.3) is 0 Å². The van der Waals surface area contributed by atoms with Crippen molar-refractivity contribution in [3.05, 3.63) is 34.1 Å². The second-order valence-electron chi connectivity index (χ2n) is 3.65. The van der Waals surface area contributed by atoms with Gasteiger partial charge in [-0.05, 0) is 22.6 Å². The molecule has 100 valence electrons. The van der Waals surface area contributed by atoms with Crippen molar-refractivity contribution >= 4 is 33.6 Å². The Balaban J connectivity index is 2.35. The minimum Gasteiger partial charge on any atom is -0.368 e. The van der Waals surface area contributed by atoms with Crippen LogP contribution in [0.4, 0.5) is 4.39 Å². The molecule has 6 nitrogen and oxygen atoms in total. The average molecular weight is 346 g/mol. The van der Waals surface area contributed by atoms with Crippen molar-refractivity contribution in [1.29, 1.82) is 0 Å². The lowest BCUT2D eigenvalue weighted by molar-refractivity contribution is -0.117. The van der Waals surface area contributed by atoms with Gasteiger partial charge in [0.05, 0.1) is 0 Å². The summed E-state index contributed by atoms with van der Waals surface area (Å²) in [4.78, 5) is 11.5. The number of carbonyl (C=O) groups excluding carboxylic acids is 1. The van der Waals surface area contributed by atoms with Crippen LogP contribution in [0.3, 0.4) is 0 Å². The van der Waals surface area contributed by atoms with Gasteiger partial charge in [-0.1, -0.05) is 33.8 Å². The summed E-state index contributed by atoms with van der Waals surface area (Å²) in [5.41, 5.74) is 5.52. The monoisotopic (exact) mass is 345 g/mol. The summed E-state index contributed by atoms with van der Waals surface area (Å²) in [6.07, 6.45) is 0. The third kappa shape index (κ3) is 3.10. The first kappa shape index (κ1) is 13.9. The highest BCUT2D eigenvalue weighted by Gasteiger charge is 2.25. The summed E-state index contributed by atoms with van der Waals surface area (Å²) in [6.45, 7) is 0. The van der Waals surface area contributed by atoms with Gasteiger partial charge in [0.1, 0.15) is 11.1 Å². The van der Waals surface area contributed by atoms with Gasteiger partial charge in [-0.2, -0.15) is 0 Å². The predicted molar refractivity (Wildman–Crippen MR) is 70.7 cm³/mol. The van der Waals surface area contributed by atoms with Crippen molar-refractivity contribution < 1.29 is 9.18 Å². The van der Waals surface area contributed by atoms with E-state index in [-0.39, 0.29) is 5.56 Å². The first-order valence-corrected chi connectivity index (χ1v) is 6.79. The Morgan fingerprint density at radius 2 is 2.32 bits per heavy atom. The summed E-state index contributed by atoms with van der Waals surface area (Å²) in [6, 6.07) is 4.43. The summed E-state index contributed by atoms with van der Waals surface area (Å²) in [5.74, 6) is -1.17. The Morgan fingerprint density at radius 1 is 1.58 bits per heavy atom. The Labute approximate surface area is 120 Å². The van der Waals surface area contributed by atoms with Crippen molar-refractivity contribution in [2.75, 3.05) is 0 Å². The molecule has 0 aliphatic heterocycles. The molecular weight excluding hydrogens is 337 g/mol. The minimum atomic E-state index is -0.891. The van der Waals surface area contributed by atoms with Crippen LogP contribution in [0.1, 0.15) is 10.8 Å². The quantitative estimate of drug-likeness (QED) is 0.847. The lowest BCUT2D eigenvalue weighted by atomic mass is 10.1. The molecule has 0 spiro atoms. The number of nitrogens with two attached hydrogens (primary N) is 1. The number of benzene rings is 1. The van der Waals surface area contributed by atoms with Crippen LogP contribution in [0.25, 0.3) is 0 Å². The van der Waals surface area contributed by atoms with E-state index in [2.05, 4.69) is 31.5 Å². The van der Waals surface area contributed by atoms with E-state index in [9.17, 15) is 9.18 Å². The number of nitrogens with zero attached hydrogens (tertiary/aromatic N) is 4. The molecule has 2 aromatic rings. The Bertz CT molecular complexity index is 620. The van der Waals surface area contributed by atoms with Gasteiger partial charge in [0.15, 0.2) is 0 Å². The molecule has 19 heavy (non-hydrogen) atoms. The number of primary amides is 1. The molecule has 2 N–H and O–H groups in total. The number of rotatable bonds is 4. The zero-order valence-corrected chi connectivity index (χ0v) is 12.2. The van der Waals surface area contributed by atoms with E-state index in [0.29, 0.717) is 9.63 Å². The summed E-state index contributed by atoms with van der Waals surface area (Å²) in [7, 11) is 1.62. The fourth-order valence-electron chi connectivity index (χ4n) is 1.42. The normalized spacial score (nSPS) is 12.4. The highest BCUT2D eigenvalue weighted by molar-refractivity contribution is 9.10. The van der Waals surface area contributed by atoms with Crippen molar-refractivity contribution in [1.82, 2.24) is 20.2 Å². The largest absolute Gasteiger partial charge is 0.368 e. The number of amides is 1. The van der Waals surface area contributed by atoms with Gasteiger partial charge in [0, 0.05) is 17.1 Å². The molecule has 1 amide bonds. The lowest BCUT2D eigenvalue weighted by Crippen LogP contribution is -2.20. The zero-order chi connectivity index (χ0) is 14.0. The van der Waals surface area contributed by atoms with E-state index in [1.54, 1.807) is 13.1 Å². The van der Waals surface area contributed by atoms with Crippen molar-refractivity contribution in [3.8, 4) is 0 Å². The van der Waals surface area contributed by atoms with Crippen LogP contribution in [0.5, 0.6) is 0 Å². The number of thioether (sulfide) groups is 1. The molecule has 9 heteroatoms. The molecule has 0 fully saturated rings. The summed E-state index contributed by atoms with van der Waals surface area (Å²) < 4.78 is 15.9. The number of aryl methyl sites for hydroxylation is 1. The number of tetrazole rings is 1. The zero-order valence-electron chi connectivity index (χ0n) is 9.75. The smallest absolute Gasteiger partial charge is 0.235 e. The molecule has 1 atom stereocenters. The molecule has 0 saturated heterocycles. The van der Waals surface area contributed by atoms with Crippen LogP contribution in [-0.4, -0.2) is 26.1 Å². The van der Waals surface area contributed by atoms with Crippen molar-refractivity contribution in [3.63, 3.8) is 0 Å². The summed E-state index contributed by atoms with van der Waals surface area (Å²) >= 11 is 4.16. The first-order chi connectivity index (χ1) is 8.99. The van der Waals surface area contributed by atoms with Crippen molar-refractivity contribution in [2.45, 2.75) is 10.4 Å². The molecule has 0 aliphatic carbocycles. The van der Waals surface area contributed by atoms with E-state index in [4.69, 9.17) is 5.73 Å². The maximum atomic E-state index is 13.9. The van der Waals surface area contributed by atoms with Crippen LogP contribution in [0.15, 0.2) is 27.8 Å². The Kier molecular flexibility index (Phi) is 4.15. The molecule has 0 radical (unpaired) electrons. The molecule has 1 aromatic heterocycles. The van der Waals surface area contributed by atoms with E-state index >= 15 is 0 Å². The fourth-order valence-corrected chi connectivity index (χ4v) is 2.67. The number of hydrogen-bond donors (Lipinski definition) is 1. The maximum absolute atomic E-state index is 13.9. The molecule has 0 aliphatic rings. The fraction of sp³-hybridized carbons (Fsp3) is 0.200. The van der Waals surface area contributed by atoms with E-state index in [1.807, 2.05) is 0 Å². The molecule has 0 saturated carbocycles. The van der Waals surface area contributed by atoms with E-state index < -0.39 is 17.0 Å². The second-order valence-corrected chi connectivity index (χ2v) is 5.64. The SMILES string of the molecule is Cn1nnnc1S[C@H](C(N)=O)c1ccc(Br)cc1F. The Hall–Kier alpha value is -1.48. The number of hydrogen-bond acceptors (Lipinski definition) is 5. The highest BCUT2D eigenvalue weighted by Crippen LogP contribution is 2.35.